The van der Waals surface area contributed by atoms with Crippen LogP contribution < -0.4 is 16.4 Å². The molecular formula is C16H18ClN3O. The van der Waals surface area contributed by atoms with Gasteiger partial charge in [0.2, 0.25) is 0 Å². The monoisotopic (exact) mass is 303 g/mol. The number of hydrogen-bond acceptors (Lipinski definition) is 2. The summed E-state index contributed by atoms with van der Waals surface area (Å²) >= 11 is 6.02. The lowest BCUT2D eigenvalue weighted by molar-refractivity contribution is 0.251. The van der Waals surface area contributed by atoms with Crippen molar-refractivity contribution in [3.05, 3.63) is 64.2 Å². The summed E-state index contributed by atoms with van der Waals surface area (Å²) in [5.41, 5.74) is 9.27. The normalized spacial score (nSPS) is 10.2. The van der Waals surface area contributed by atoms with E-state index in [2.05, 4.69) is 10.6 Å². The maximum Gasteiger partial charge on any atom is 0.319 e. The SMILES string of the molecule is Cc1ccc(NC(=O)NCc2ccc(CN)cc2)cc1Cl. The Kier molecular flexibility index (Phi) is 5.20. The van der Waals surface area contributed by atoms with Crippen LogP contribution in [0.15, 0.2) is 42.5 Å². The van der Waals surface area contributed by atoms with Crippen LogP contribution in [0, 0.1) is 6.92 Å². The van der Waals surface area contributed by atoms with Gasteiger partial charge in [-0.25, -0.2) is 4.79 Å². The first-order valence-electron chi connectivity index (χ1n) is 6.67. The third kappa shape index (κ3) is 4.48. The molecule has 0 aliphatic carbocycles. The van der Waals surface area contributed by atoms with Crippen molar-refractivity contribution in [1.82, 2.24) is 5.32 Å². The number of nitrogens with two attached hydrogens (primary N) is 1. The Labute approximate surface area is 129 Å². The topological polar surface area (TPSA) is 67.2 Å². The van der Waals surface area contributed by atoms with E-state index in [0.29, 0.717) is 23.8 Å². The van der Waals surface area contributed by atoms with Crippen molar-refractivity contribution < 1.29 is 4.79 Å². The first kappa shape index (κ1) is 15.4. The van der Waals surface area contributed by atoms with Gasteiger partial charge in [-0.1, -0.05) is 41.9 Å². The molecule has 0 spiro atoms. The van der Waals surface area contributed by atoms with Crippen molar-refractivity contribution in [2.24, 2.45) is 5.73 Å². The fourth-order valence-electron chi connectivity index (χ4n) is 1.82. The number of nitrogens with one attached hydrogen (secondary N) is 2. The van der Waals surface area contributed by atoms with Crippen LogP contribution in [0.3, 0.4) is 0 Å². The molecule has 2 rings (SSSR count). The zero-order valence-corrected chi connectivity index (χ0v) is 12.6. The number of urea groups is 1. The Bertz CT molecular complexity index is 626. The van der Waals surface area contributed by atoms with Gasteiger partial charge in [-0.2, -0.15) is 0 Å². The molecule has 0 saturated heterocycles. The molecule has 2 amide bonds. The Morgan fingerprint density at radius 2 is 1.81 bits per heavy atom. The average molecular weight is 304 g/mol. The van der Waals surface area contributed by atoms with Crippen molar-refractivity contribution >= 4 is 23.3 Å². The maximum absolute atomic E-state index is 11.8. The van der Waals surface area contributed by atoms with Crippen molar-refractivity contribution in [3.8, 4) is 0 Å². The van der Waals surface area contributed by atoms with E-state index in [1.165, 1.54) is 0 Å². The molecule has 4 N–H and O–H groups in total. The van der Waals surface area contributed by atoms with E-state index in [-0.39, 0.29) is 6.03 Å². The van der Waals surface area contributed by atoms with Gasteiger partial charge in [0.1, 0.15) is 0 Å². The standard InChI is InChI=1S/C16H18ClN3O/c1-11-2-7-14(8-15(11)17)20-16(21)19-10-13-5-3-12(9-18)4-6-13/h2-8H,9-10,18H2,1H3,(H2,19,20,21). The van der Waals surface area contributed by atoms with Crippen molar-refractivity contribution in [3.63, 3.8) is 0 Å². The van der Waals surface area contributed by atoms with Crippen LogP contribution in [0.25, 0.3) is 0 Å². The highest BCUT2D eigenvalue weighted by molar-refractivity contribution is 6.31. The first-order valence-corrected chi connectivity index (χ1v) is 7.05. The highest BCUT2D eigenvalue weighted by Gasteiger charge is 2.03. The van der Waals surface area contributed by atoms with Gasteiger partial charge in [0.05, 0.1) is 0 Å². The molecule has 0 aromatic heterocycles. The number of benzene rings is 2. The summed E-state index contributed by atoms with van der Waals surface area (Å²) in [5.74, 6) is 0. The molecule has 21 heavy (non-hydrogen) atoms. The van der Waals surface area contributed by atoms with Gasteiger partial charge in [0.25, 0.3) is 0 Å². The minimum absolute atomic E-state index is 0.266. The number of aryl methyl sites for hydroxylation is 1. The molecule has 0 heterocycles. The largest absolute Gasteiger partial charge is 0.334 e. The van der Waals surface area contributed by atoms with E-state index in [0.717, 1.165) is 16.7 Å². The van der Waals surface area contributed by atoms with Gasteiger partial charge in [0.15, 0.2) is 0 Å². The molecule has 2 aromatic carbocycles. The van der Waals surface area contributed by atoms with Crippen molar-refractivity contribution in [2.45, 2.75) is 20.0 Å². The molecule has 0 unspecified atom stereocenters. The minimum atomic E-state index is -0.266. The lowest BCUT2D eigenvalue weighted by Gasteiger charge is -2.09. The number of anilines is 1. The number of carbonyl (C=O) groups is 1. The Hall–Kier alpha value is -2.04. The predicted molar refractivity (Wildman–Crippen MR) is 86.4 cm³/mol. The van der Waals surface area contributed by atoms with Gasteiger partial charge < -0.3 is 16.4 Å². The van der Waals surface area contributed by atoms with E-state index >= 15 is 0 Å². The summed E-state index contributed by atoms with van der Waals surface area (Å²) in [5, 5.41) is 6.17. The fourth-order valence-corrected chi connectivity index (χ4v) is 2.00. The zero-order chi connectivity index (χ0) is 15.2. The second-order valence-electron chi connectivity index (χ2n) is 4.79. The van der Waals surface area contributed by atoms with Gasteiger partial charge in [-0.05, 0) is 35.7 Å². The Balaban J connectivity index is 1.87. The van der Waals surface area contributed by atoms with Crippen molar-refractivity contribution in [1.29, 1.82) is 0 Å². The molecule has 110 valence electrons. The molecule has 4 nitrogen and oxygen atoms in total. The molecule has 0 saturated carbocycles. The number of halogens is 1. The van der Waals surface area contributed by atoms with E-state index < -0.39 is 0 Å². The Morgan fingerprint density at radius 1 is 1.14 bits per heavy atom. The number of carbonyl (C=O) groups excluding carboxylic acids is 1. The van der Waals surface area contributed by atoms with Gasteiger partial charge in [-0.3, -0.25) is 0 Å². The average Bonchev–Trinajstić information content (AvgIpc) is 2.49. The fraction of sp³-hybridized carbons (Fsp3) is 0.188. The predicted octanol–water partition coefficient (Wildman–Crippen LogP) is 3.43. The molecule has 0 aliphatic heterocycles. The van der Waals surface area contributed by atoms with Crippen LogP contribution in [-0.2, 0) is 13.1 Å². The summed E-state index contributed by atoms with van der Waals surface area (Å²) in [4.78, 5) is 11.8. The first-order chi connectivity index (χ1) is 10.1. The molecule has 0 aliphatic rings. The third-order valence-electron chi connectivity index (χ3n) is 3.14. The highest BCUT2D eigenvalue weighted by Crippen LogP contribution is 2.19. The van der Waals surface area contributed by atoms with Crippen LogP contribution in [0.2, 0.25) is 5.02 Å². The van der Waals surface area contributed by atoms with Gasteiger partial charge >= 0.3 is 6.03 Å². The van der Waals surface area contributed by atoms with Crippen LogP contribution in [-0.4, -0.2) is 6.03 Å². The molecular weight excluding hydrogens is 286 g/mol. The van der Waals surface area contributed by atoms with Crippen LogP contribution in [0.5, 0.6) is 0 Å². The smallest absolute Gasteiger partial charge is 0.319 e. The summed E-state index contributed by atoms with van der Waals surface area (Å²) in [6.45, 7) is 2.88. The lowest BCUT2D eigenvalue weighted by atomic mass is 10.1. The van der Waals surface area contributed by atoms with Crippen LogP contribution >= 0.6 is 11.6 Å². The number of amides is 2. The highest BCUT2D eigenvalue weighted by atomic mass is 35.5. The second kappa shape index (κ2) is 7.11. The molecule has 5 heteroatoms. The maximum atomic E-state index is 11.8. The minimum Gasteiger partial charge on any atom is -0.334 e. The molecule has 0 fully saturated rings. The number of rotatable bonds is 4. The summed E-state index contributed by atoms with van der Waals surface area (Å²) in [6.07, 6.45) is 0. The Morgan fingerprint density at radius 3 is 2.43 bits per heavy atom. The van der Waals surface area contributed by atoms with Gasteiger partial charge in [0, 0.05) is 23.8 Å². The quantitative estimate of drug-likeness (QED) is 0.810. The van der Waals surface area contributed by atoms with E-state index in [4.69, 9.17) is 17.3 Å². The lowest BCUT2D eigenvalue weighted by Crippen LogP contribution is -2.28. The molecule has 0 bridgehead atoms. The molecule has 2 aromatic rings. The van der Waals surface area contributed by atoms with Crippen LogP contribution in [0.4, 0.5) is 10.5 Å². The third-order valence-corrected chi connectivity index (χ3v) is 3.55. The van der Waals surface area contributed by atoms with Crippen molar-refractivity contribution in [2.75, 3.05) is 5.32 Å². The summed E-state index contributed by atoms with van der Waals surface area (Å²) in [7, 11) is 0. The van der Waals surface area contributed by atoms with Gasteiger partial charge in [-0.15, -0.1) is 0 Å². The molecule has 0 atom stereocenters. The zero-order valence-electron chi connectivity index (χ0n) is 11.8. The van der Waals surface area contributed by atoms with E-state index in [1.807, 2.05) is 43.3 Å². The second-order valence-corrected chi connectivity index (χ2v) is 5.20. The number of hydrogen-bond donors (Lipinski definition) is 3. The summed E-state index contributed by atoms with van der Waals surface area (Å²) in [6, 6.07) is 12.9. The molecule has 0 radical (unpaired) electrons. The summed E-state index contributed by atoms with van der Waals surface area (Å²) < 4.78 is 0. The van der Waals surface area contributed by atoms with Crippen LogP contribution in [0.1, 0.15) is 16.7 Å². The van der Waals surface area contributed by atoms with E-state index in [1.54, 1.807) is 6.07 Å². The van der Waals surface area contributed by atoms with E-state index in [9.17, 15) is 4.79 Å².